The smallest absolute Gasteiger partial charge is 0.322 e. The zero-order valence-corrected chi connectivity index (χ0v) is 16.5. The summed E-state index contributed by atoms with van der Waals surface area (Å²) in [5.41, 5.74) is 0.788. The van der Waals surface area contributed by atoms with Crippen LogP contribution in [0.15, 0.2) is 65.7 Å². The summed E-state index contributed by atoms with van der Waals surface area (Å²) in [4.78, 5) is 12.2. The van der Waals surface area contributed by atoms with Gasteiger partial charge < -0.3 is 5.32 Å². The van der Waals surface area contributed by atoms with Crippen molar-refractivity contribution >= 4 is 21.4 Å². The van der Waals surface area contributed by atoms with Gasteiger partial charge in [-0.3, -0.25) is 4.79 Å². The molecule has 6 nitrogen and oxygen atoms in total. The molecule has 156 valence electrons. The number of sulfone groups is 1. The standard InChI is InChI=1S/C20H16F3N3O3S/c1-2-30(28,29)18-12-11-17(25-26-18)13-5-9-16(10-6-13)24-19(27)14-3-7-15(8-4-14)20(21,22)23/h3-12H,2H2,1H3,(H,24,27). The van der Waals surface area contributed by atoms with Gasteiger partial charge in [-0.05, 0) is 48.5 Å². The lowest BCUT2D eigenvalue weighted by Gasteiger charge is -2.09. The van der Waals surface area contributed by atoms with E-state index in [0.717, 1.165) is 24.3 Å². The van der Waals surface area contributed by atoms with Crippen molar-refractivity contribution in [2.24, 2.45) is 0 Å². The van der Waals surface area contributed by atoms with E-state index in [2.05, 4.69) is 15.5 Å². The summed E-state index contributed by atoms with van der Waals surface area (Å²) >= 11 is 0. The zero-order chi connectivity index (χ0) is 21.9. The molecule has 0 aliphatic carbocycles. The van der Waals surface area contributed by atoms with Gasteiger partial charge in [0.05, 0.1) is 17.0 Å². The SMILES string of the molecule is CCS(=O)(=O)c1ccc(-c2ccc(NC(=O)c3ccc(C(F)(F)F)cc3)cc2)nn1. The van der Waals surface area contributed by atoms with Crippen LogP contribution in [0.3, 0.4) is 0 Å². The Labute approximate surface area is 170 Å². The van der Waals surface area contributed by atoms with Crippen molar-refractivity contribution in [3.8, 4) is 11.3 Å². The molecule has 1 aromatic heterocycles. The van der Waals surface area contributed by atoms with E-state index in [0.29, 0.717) is 16.9 Å². The van der Waals surface area contributed by atoms with Gasteiger partial charge in [-0.1, -0.05) is 19.1 Å². The van der Waals surface area contributed by atoms with E-state index in [1.165, 1.54) is 19.1 Å². The highest BCUT2D eigenvalue weighted by Crippen LogP contribution is 2.29. The van der Waals surface area contributed by atoms with Crippen LogP contribution in [0.2, 0.25) is 0 Å². The van der Waals surface area contributed by atoms with Crippen molar-refractivity contribution in [2.75, 3.05) is 11.1 Å². The molecule has 0 aliphatic rings. The van der Waals surface area contributed by atoms with E-state index < -0.39 is 27.5 Å². The first-order chi connectivity index (χ1) is 14.1. The van der Waals surface area contributed by atoms with Crippen molar-refractivity contribution in [3.05, 3.63) is 71.8 Å². The second-order valence-electron chi connectivity index (χ2n) is 6.27. The Morgan fingerprint density at radius 2 is 1.57 bits per heavy atom. The lowest BCUT2D eigenvalue weighted by molar-refractivity contribution is -0.137. The average molecular weight is 435 g/mol. The summed E-state index contributed by atoms with van der Waals surface area (Å²) in [6.07, 6.45) is -4.47. The maximum Gasteiger partial charge on any atom is 0.416 e. The third kappa shape index (κ3) is 4.82. The second-order valence-corrected chi connectivity index (χ2v) is 8.49. The highest BCUT2D eigenvalue weighted by molar-refractivity contribution is 7.91. The molecule has 0 atom stereocenters. The summed E-state index contributed by atoms with van der Waals surface area (Å²) in [6, 6.07) is 13.3. The first-order valence-corrected chi connectivity index (χ1v) is 10.4. The summed E-state index contributed by atoms with van der Waals surface area (Å²) < 4.78 is 61.4. The molecule has 1 heterocycles. The van der Waals surface area contributed by atoms with Crippen LogP contribution in [0.4, 0.5) is 18.9 Å². The van der Waals surface area contributed by atoms with Crippen LogP contribution in [0, 0.1) is 0 Å². The van der Waals surface area contributed by atoms with Crippen molar-refractivity contribution in [1.82, 2.24) is 10.2 Å². The van der Waals surface area contributed by atoms with Gasteiger partial charge in [0, 0.05) is 16.8 Å². The molecule has 0 fully saturated rings. The van der Waals surface area contributed by atoms with Gasteiger partial charge >= 0.3 is 6.18 Å². The summed E-state index contributed by atoms with van der Waals surface area (Å²) in [6.45, 7) is 1.52. The van der Waals surface area contributed by atoms with Crippen LogP contribution in [0.1, 0.15) is 22.8 Å². The summed E-state index contributed by atoms with van der Waals surface area (Å²) in [7, 11) is -3.44. The molecular weight excluding hydrogens is 419 g/mol. The number of halogens is 3. The van der Waals surface area contributed by atoms with Gasteiger partial charge in [-0.2, -0.15) is 13.2 Å². The molecule has 10 heteroatoms. The van der Waals surface area contributed by atoms with E-state index in [9.17, 15) is 26.4 Å². The molecule has 30 heavy (non-hydrogen) atoms. The first kappa shape index (κ1) is 21.4. The van der Waals surface area contributed by atoms with Gasteiger partial charge in [0.25, 0.3) is 5.91 Å². The Bertz CT molecular complexity index is 1140. The zero-order valence-electron chi connectivity index (χ0n) is 15.6. The van der Waals surface area contributed by atoms with Crippen LogP contribution in [-0.4, -0.2) is 30.3 Å². The fourth-order valence-corrected chi connectivity index (χ4v) is 3.26. The topological polar surface area (TPSA) is 89.0 Å². The molecule has 0 bridgehead atoms. The number of carbonyl (C=O) groups excluding carboxylic acids is 1. The molecule has 0 unspecified atom stereocenters. The van der Waals surface area contributed by atoms with Crippen LogP contribution < -0.4 is 5.32 Å². The fourth-order valence-electron chi connectivity index (χ4n) is 2.53. The van der Waals surface area contributed by atoms with E-state index in [4.69, 9.17) is 0 Å². The molecule has 0 spiro atoms. The van der Waals surface area contributed by atoms with Crippen molar-refractivity contribution < 1.29 is 26.4 Å². The van der Waals surface area contributed by atoms with Crippen LogP contribution in [0.25, 0.3) is 11.3 Å². The normalized spacial score (nSPS) is 11.9. The number of nitrogens with one attached hydrogen (secondary N) is 1. The maximum absolute atomic E-state index is 12.6. The fraction of sp³-hybridized carbons (Fsp3) is 0.150. The number of alkyl halides is 3. The number of hydrogen-bond acceptors (Lipinski definition) is 5. The Morgan fingerprint density at radius 1 is 0.933 bits per heavy atom. The Morgan fingerprint density at radius 3 is 2.07 bits per heavy atom. The minimum Gasteiger partial charge on any atom is -0.322 e. The van der Waals surface area contributed by atoms with Gasteiger partial charge in [0.15, 0.2) is 14.9 Å². The molecule has 0 saturated carbocycles. The lowest BCUT2D eigenvalue weighted by Crippen LogP contribution is -2.12. The molecule has 3 rings (SSSR count). The quantitative estimate of drug-likeness (QED) is 0.649. The summed E-state index contributed by atoms with van der Waals surface area (Å²) in [5, 5.41) is 10.2. The van der Waals surface area contributed by atoms with E-state index in [1.54, 1.807) is 24.3 Å². The van der Waals surface area contributed by atoms with Crippen LogP contribution >= 0.6 is 0 Å². The third-order valence-corrected chi connectivity index (χ3v) is 5.87. The van der Waals surface area contributed by atoms with E-state index >= 15 is 0 Å². The Balaban J connectivity index is 1.71. The van der Waals surface area contributed by atoms with Crippen molar-refractivity contribution in [2.45, 2.75) is 18.1 Å². The largest absolute Gasteiger partial charge is 0.416 e. The highest BCUT2D eigenvalue weighted by atomic mass is 32.2. The monoisotopic (exact) mass is 435 g/mol. The van der Waals surface area contributed by atoms with Crippen molar-refractivity contribution in [1.29, 1.82) is 0 Å². The minimum absolute atomic E-state index is 0.0750. The van der Waals surface area contributed by atoms with Crippen molar-refractivity contribution in [3.63, 3.8) is 0 Å². The number of rotatable bonds is 5. The highest BCUT2D eigenvalue weighted by Gasteiger charge is 2.30. The maximum atomic E-state index is 12.6. The molecule has 1 amide bonds. The molecule has 0 radical (unpaired) electrons. The third-order valence-electron chi connectivity index (χ3n) is 4.25. The van der Waals surface area contributed by atoms with Crippen LogP contribution in [-0.2, 0) is 16.0 Å². The van der Waals surface area contributed by atoms with E-state index in [-0.39, 0.29) is 16.3 Å². The predicted octanol–water partition coefficient (Wildman–Crippen LogP) is 4.21. The van der Waals surface area contributed by atoms with Crippen LogP contribution in [0.5, 0.6) is 0 Å². The number of benzene rings is 2. The van der Waals surface area contributed by atoms with Gasteiger partial charge in [0.2, 0.25) is 0 Å². The molecular formula is C20H16F3N3O3S. The molecule has 0 aliphatic heterocycles. The number of anilines is 1. The van der Waals surface area contributed by atoms with Gasteiger partial charge in [-0.25, -0.2) is 8.42 Å². The molecule has 0 saturated heterocycles. The number of aromatic nitrogens is 2. The number of carbonyl (C=O) groups is 1. The number of amides is 1. The number of hydrogen-bond donors (Lipinski definition) is 1. The summed E-state index contributed by atoms with van der Waals surface area (Å²) in [5.74, 6) is -0.626. The lowest BCUT2D eigenvalue weighted by atomic mass is 10.1. The number of nitrogens with zero attached hydrogens (tertiary/aromatic N) is 2. The molecule has 3 aromatic rings. The molecule has 2 aromatic carbocycles. The Hall–Kier alpha value is -3.27. The van der Waals surface area contributed by atoms with Gasteiger partial charge in [-0.15, -0.1) is 10.2 Å². The average Bonchev–Trinajstić information content (AvgIpc) is 2.74. The first-order valence-electron chi connectivity index (χ1n) is 8.75. The Kier molecular flexibility index (Phi) is 5.88. The van der Waals surface area contributed by atoms with E-state index in [1.807, 2.05) is 0 Å². The minimum atomic E-state index is -4.47. The molecule has 1 N–H and O–H groups in total. The predicted molar refractivity (Wildman–Crippen MR) is 105 cm³/mol. The van der Waals surface area contributed by atoms with Gasteiger partial charge in [0.1, 0.15) is 0 Å². The second kappa shape index (κ2) is 8.23.